The molecule has 0 aromatic carbocycles. The third kappa shape index (κ3) is 4.37. The highest BCUT2D eigenvalue weighted by molar-refractivity contribution is 5.74. The van der Waals surface area contributed by atoms with Crippen LogP contribution in [0, 0.1) is 5.92 Å². The molecule has 1 spiro atoms. The summed E-state index contributed by atoms with van der Waals surface area (Å²) in [5, 5.41) is 2.99. The first-order valence-electron chi connectivity index (χ1n) is 9.18. The minimum atomic E-state index is -0.121. The van der Waals surface area contributed by atoms with Gasteiger partial charge in [-0.25, -0.2) is 4.79 Å². The van der Waals surface area contributed by atoms with Crippen LogP contribution in [0.4, 0.5) is 4.79 Å². The van der Waals surface area contributed by atoms with E-state index < -0.39 is 0 Å². The first-order chi connectivity index (χ1) is 11.2. The van der Waals surface area contributed by atoms with Crippen molar-refractivity contribution in [2.45, 2.75) is 38.2 Å². The lowest BCUT2D eigenvalue weighted by Crippen LogP contribution is -2.59. The number of carbonyl (C=O) groups excluding carboxylic acids is 1. The Hall–Kier alpha value is -0.850. The van der Waals surface area contributed by atoms with Crippen molar-refractivity contribution in [3.05, 3.63) is 0 Å². The van der Waals surface area contributed by atoms with Crippen molar-refractivity contribution in [2.24, 2.45) is 5.92 Å². The van der Waals surface area contributed by atoms with Gasteiger partial charge in [-0.2, -0.15) is 0 Å². The van der Waals surface area contributed by atoms with E-state index in [0.29, 0.717) is 19.1 Å². The molecular weight excluding hydrogens is 294 g/mol. The zero-order chi connectivity index (χ0) is 16.1. The van der Waals surface area contributed by atoms with Crippen molar-refractivity contribution >= 4 is 6.03 Å². The Bertz CT molecular complexity index is 391. The number of piperidine rings is 1. The van der Waals surface area contributed by atoms with Gasteiger partial charge in [0.2, 0.25) is 0 Å². The molecule has 2 amide bonds. The van der Waals surface area contributed by atoms with Gasteiger partial charge in [0.15, 0.2) is 0 Å². The van der Waals surface area contributed by atoms with E-state index in [4.69, 9.17) is 9.47 Å². The maximum atomic E-state index is 12.2. The van der Waals surface area contributed by atoms with E-state index in [-0.39, 0.29) is 11.6 Å². The van der Waals surface area contributed by atoms with Crippen LogP contribution >= 0.6 is 0 Å². The number of likely N-dealkylation sites (tertiary alicyclic amines) is 1. The van der Waals surface area contributed by atoms with Crippen LogP contribution in [0.2, 0.25) is 0 Å². The van der Waals surface area contributed by atoms with E-state index >= 15 is 0 Å². The minimum absolute atomic E-state index is 0.0695. The maximum absolute atomic E-state index is 12.2. The molecule has 3 fully saturated rings. The second kappa shape index (κ2) is 7.81. The summed E-state index contributed by atoms with van der Waals surface area (Å²) in [6, 6.07) is 0.0695. The molecule has 6 heteroatoms. The summed E-state index contributed by atoms with van der Waals surface area (Å²) >= 11 is 0. The molecule has 3 heterocycles. The first kappa shape index (κ1) is 17.0. The zero-order valence-electron chi connectivity index (χ0n) is 14.4. The fourth-order valence-corrected chi connectivity index (χ4v) is 3.90. The lowest BCUT2D eigenvalue weighted by Gasteiger charge is -2.47. The summed E-state index contributed by atoms with van der Waals surface area (Å²) in [6.45, 7) is 10.1. The number of rotatable bonds is 4. The SMILES string of the molecule is CCCNC(=O)N1CCOC2(CCN(CC3CCOC3)CC2)C1. The van der Waals surface area contributed by atoms with Crippen LogP contribution in [0.1, 0.15) is 32.6 Å². The molecule has 0 aromatic rings. The number of nitrogens with zero attached hydrogens (tertiary/aromatic N) is 2. The van der Waals surface area contributed by atoms with Crippen LogP contribution in [-0.2, 0) is 9.47 Å². The number of urea groups is 1. The molecule has 132 valence electrons. The zero-order valence-corrected chi connectivity index (χ0v) is 14.4. The lowest BCUT2D eigenvalue weighted by molar-refractivity contribution is -0.126. The molecule has 0 bridgehead atoms. The molecule has 1 atom stereocenters. The normalized spacial score (nSPS) is 28.2. The summed E-state index contributed by atoms with van der Waals surface area (Å²) in [5.74, 6) is 0.702. The second-order valence-electron chi connectivity index (χ2n) is 7.22. The van der Waals surface area contributed by atoms with Gasteiger partial charge in [0.1, 0.15) is 0 Å². The Morgan fingerprint density at radius 2 is 2.09 bits per heavy atom. The van der Waals surface area contributed by atoms with E-state index in [9.17, 15) is 4.79 Å². The van der Waals surface area contributed by atoms with Crippen molar-refractivity contribution in [1.82, 2.24) is 15.1 Å². The average Bonchev–Trinajstić information content (AvgIpc) is 3.08. The first-order valence-corrected chi connectivity index (χ1v) is 9.18. The number of nitrogens with one attached hydrogen (secondary N) is 1. The van der Waals surface area contributed by atoms with Gasteiger partial charge in [-0.3, -0.25) is 0 Å². The summed E-state index contributed by atoms with van der Waals surface area (Å²) in [5.41, 5.74) is -0.121. The monoisotopic (exact) mass is 325 g/mol. The van der Waals surface area contributed by atoms with Gasteiger partial charge in [0.25, 0.3) is 0 Å². The predicted octanol–water partition coefficient (Wildman–Crippen LogP) is 1.31. The van der Waals surface area contributed by atoms with E-state index in [0.717, 1.165) is 65.2 Å². The minimum Gasteiger partial charge on any atom is -0.381 e. The molecule has 23 heavy (non-hydrogen) atoms. The quantitative estimate of drug-likeness (QED) is 0.847. The number of ether oxygens (including phenoxy) is 2. The largest absolute Gasteiger partial charge is 0.381 e. The van der Waals surface area contributed by atoms with E-state index in [1.807, 2.05) is 4.90 Å². The van der Waals surface area contributed by atoms with Gasteiger partial charge in [-0.05, 0) is 31.6 Å². The average molecular weight is 325 g/mol. The number of morpholine rings is 1. The Labute approximate surface area is 139 Å². The highest BCUT2D eigenvalue weighted by atomic mass is 16.5. The topological polar surface area (TPSA) is 54.0 Å². The molecule has 0 aliphatic carbocycles. The summed E-state index contributed by atoms with van der Waals surface area (Å²) in [4.78, 5) is 16.7. The Balaban J connectivity index is 1.47. The van der Waals surface area contributed by atoms with E-state index in [1.165, 1.54) is 6.42 Å². The maximum Gasteiger partial charge on any atom is 0.317 e. The number of carbonyl (C=O) groups is 1. The Kier molecular flexibility index (Phi) is 5.77. The van der Waals surface area contributed by atoms with Gasteiger partial charge >= 0.3 is 6.03 Å². The van der Waals surface area contributed by atoms with Crippen LogP contribution in [0.15, 0.2) is 0 Å². The van der Waals surface area contributed by atoms with Crippen molar-refractivity contribution in [1.29, 1.82) is 0 Å². The molecule has 3 saturated heterocycles. The van der Waals surface area contributed by atoms with Crippen molar-refractivity contribution in [2.75, 3.05) is 59.1 Å². The van der Waals surface area contributed by atoms with Gasteiger partial charge in [0, 0.05) is 39.3 Å². The highest BCUT2D eigenvalue weighted by Gasteiger charge is 2.41. The molecule has 3 rings (SSSR count). The fourth-order valence-electron chi connectivity index (χ4n) is 3.90. The summed E-state index contributed by atoms with van der Waals surface area (Å²) in [7, 11) is 0. The van der Waals surface area contributed by atoms with Gasteiger partial charge in [0.05, 0.1) is 25.4 Å². The van der Waals surface area contributed by atoms with Crippen molar-refractivity contribution in [3.8, 4) is 0 Å². The third-order valence-corrected chi connectivity index (χ3v) is 5.37. The Morgan fingerprint density at radius 3 is 2.78 bits per heavy atom. The van der Waals surface area contributed by atoms with Crippen LogP contribution in [0.3, 0.4) is 0 Å². The second-order valence-corrected chi connectivity index (χ2v) is 7.22. The number of hydrogen-bond donors (Lipinski definition) is 1. The number of amides is 2. The molecule has 1 N–H and O–H groups in total. The molecule has 0 aromatic heterocycles. The smallest absolute Gasteiger partial charge is 0.317 e. The molecule has 6 nitrogen and oxygen atoms in total. The van der Waals surface area contributed by atoms with Crippen LogP contribution < -0.4 is 5.32 Å². The van der Waals surface area contributed by atoms with Crippen molar-refractivity contribution in [3.63, 3.8) is 0 Å². The lowest BCUT2D eigenvalue weighted by atomic mass is 9.89. The standard InChI is InChI=1S/C17H31N3O3/c1-2-6-18-16(21)20-9-11-23-17(14-20)4-7-19(8-5-17)12-15-3-10-22-13-15/h15H,2-14H2,1H3,(H,18,21). The molecule has 1 unspecified atom stereocenters. The van der Waals surface area contributed by atoms with Gasteiger partial charge < -0.3 is 24.6 Å². The molecular formula is C17H31N3O3. The van der Waals surface area contributed by atoms with Crippen LogP contribution in [0.5, 0.6) is 0 Å². The van der Waals surface area contributed by atoms with E-state index in [2.05, 4.69) is 17.1 Å². The summed E-state index contributed by atoms with van der Waals surface area (Å²) in [6.07, 6.45) is 4.22. The van der Waals surface area contributed by atoms with Crippen LogP contribution in [0.25, 0.3) is 0 Å². The molecule has 0 saturated carbocycles. The van der Waals surface area contributed by atoms with Crippen molar-refractivity contribution < 1.29 is 14.3 Å². The van der Waals surface area contributed by atoms with Gasteiger partial charge in [-0.15, -0.1) is 0 Å². The third-order valence-electron chi connectivity index (χ3n) is 5.37. The molecule has 3 aliphatic heterocycles. The van der Waals surface area contributed by atoms with Gasteiger partial charge in [-0.1, -0.05) is 6.92 Å². The van der Waals surface area contributed by atoms with Crippen LogP contribution in [-0.4, -0.2) is 80.5 Å². The molecule has 0 radical (unpaired) electrons. The molecule has 3 aliphatic rings. The summed E-state index contributed by atoms with van der Waals surface area (Å²) < 4.78 is 11.6. The Morgan fingerprint density at radius 1 is 1.26 bits per heavy atom. The van der Waals surface area contributed by atoms with E-state index in [1.54, 1.807) is 0 Å². The number of hydrogen-bond acceptors (Lipinski definition) is 4. The highest BCUT2D eigenvalue weighted by Crippen LogP contribution is 2.31. The predicted molar refractivity (Wildman–Crippen MR) is 88.5 cm³/mol. The fraction of sp³-hybridized carbons (Fsp3) is 0.941.